The van der Waals surface area contributed by atoms with Crippen LogP contribution in [0.4, 0.5) is 4.79 Å². The molecule has 0 unspecified atom stereocenters. The third kappa shape index (κ3) is 2.39. The molecule has 2 aromatic heterocycles. The monoisotopic (exact) mass is 331 g/mol. The second kappa shape index (κ2) is 4.36. The maximum Gasteiger partial charge on any atom is 0.405 e. The lowest BCUT2D eigenvalue weighted by molar-refractivity contribution is 0.0365. The van der Waals surface area contributed by atoms with Gasteiger partial charge in [-0.3, -0.25) is 4.79 Å². The molecule has 0 aromatic carbocycles. The molecular formula is C10H10BrN3O3S. The van der Waals surface area contributed by atoms with Crippen molar-refractivity contribution in [3.8, 4) is 0 Å². The summed E-state index contributed by atoms with van der Waals surface area (Å²) in [6.07, 6.45) is -0.922. The number of carbonyl (C=O) groups is 1. The minimum Gasteiger partial charge on any atom is -0.436 e. The molecule has 8 heteroatoms. The van der Waals surface area contributed by atoms with Gasteiger partial charge in [-0.15, -0.1) is 11.3 Å². The third-order valence-corrected chi connectivity index (χ3v) is 3.90. The second-order valence-corrected chi connectivity index (χ2v) is 6.54. The Morgan fingerprint density at radius 1 is 1.61 bits per heavy atom. The smallest absolute Gasteiger partial charge is 0.405 e. The molecule has 0 bridgehead atoms. The van der Waals surface area contributed by atoms with Crippen LogP contribution < -0.4 is 11.3 Å². The largest absolute Gasteiger partial charge is 0.436 e. The second-order valence-electron chi connectivity index (χ2n) is 4.11. The highest BCUT2D eigenvalue weighted by Crippen LogP contribution is 2.28. The van der Waals surface area contributed by atoms with Crippen molar-refractivity contribution in [2.75, 3.05) is 0 Å². The van der Waals surface area contributed by atoms with Crippen molar-refractivity contribution in [3.63, 3.8) is 0 Å². The van der Waals surface area contributed by atoms with E-state index in [0.29, 0.717) is 10.2 Å². The van der Waals surface area contributed by atoms with E-state index in [1.807, 2.05) is 0 Å². The molecule has 2 heterocycles. The van der Waals surface area contributed by atoms with Crippen LogP contribution in [0.2, 0.25) is 0 Å². The molecule has 0 spiro atoms. The van der Waals surface area contributed by atoms with Crippen LogP contribution in [-0.2, 0) is 10.3 Å². The molecule has 2 rings (SSSR count). The van der Waals surface area contributed by atoms with Crippen LogP contribution in [0, 0.1) is 0 Å². The number of H-pyrrole nitrogens is 1. The van der Waals surface area contributed by atoms with E-state index >= 15 is 0 Å². The van der Waals surface area contributed by atoms with E-state index < -0.39 is 11.7 Å². The van der Waals surface area contributed by atoms with E-state index in [1.165, 1.54) is 11.3 Å². The Bertz CT molecular complexity index is 677. The van der Waals surface area contributed by atoms with Crippen molar-refractivity contribution in [2.45, 2.75) is 19.4 Å². The summed E-state index contributed by atoms with van der Waals surface area (Å²) in [4.78, 5) is 29.6. The number of aromatic nitrogens is 2. The number of hydrogen-bond donors (Lipinski definition) is 2. The average Bonchev–Trinajstić information content (AvgIpc) is 2.57. The summed E-state index contributed by atoms with van der Waals surface area (Å²) in [6, 6.07) is 1.74. The van der Waals surface area contributed by atoms with Crippen LogP contribution >= 0.6 is 27.3 Å². The molecule has 0 aliphatic heterocycles. The van der Waals surface area contributed by atoms with E-state index in [2.05, 4.69) is 25.9 Å². The summed E-state index contributed by atoms with van der Waals surface area (Å²) in [5, 5.41) is 0. The van der Waals surface area contributed by atoms with Gasteiger partial charge >= 0.3 is 6.09 Å². The number of thiophene rings is 1. The van der Waals surface area contributed by atoms with Gasteiger partial charge in [-0.05, 0) is 35.8 Å². The minimum atomic E-state index is -1.09. The molecule has 0 fully saturated rings. The summed E-state index contributed by atoms with van der Waals surface area (Å²) in [5.74, 6) is 0.254. The standard InChI is InChI=1S/C10H10BrN3O3S/c1-10(2,17-9(12)16)8-13-4-3-5(11)18-6(4)7(15)14-8/h3H,1-2H3,(H2,12,16)(H,13,14,15). The zero-order valence-corrected chi connectivity index (χ0v) is 12.0. The Labute approximate surface area is 114 Å². The fraction of sp³-hybridized carbons (Fsp3) is 0.300. The number of nitrogens with two attached hydrogens (primary N) is 1. The zero-order valence-electron chi connectivity index (χ0n) is 9.61. The van der Waals surface area contributed by atoms with Gasteiger partial charge in [0.2, 0.25) is 0 Å². The van der Waals surface area contributed by atoms with E-state index in [-0.39, 0.29) is 11.4 Å². The van der Waals surface area contributed by atoms with Crippen LogP contribution in [0.3, 0.4) is 0 Å². The number of hydrogen-bond acceptors (Lipinski definition) is 5. The molecular weight excluding hydrogens is 322 g/mol. The maximum absolute atomic E-state index is 11.9. The van der Waals surface area contributed by atoms with Crippen molar-refractivity contribution in [3.05, 3.63) is 26.0 Å². The van der Waals surface area contributed by atoms with Gasteiger partial charge in [0.15, 0.2) is 11.4 Å². The normalized spacial score (nSPS) is 11.7. The number of fused-ring (bicyclic) bond motifs is 1. The van der Waals surface area contributed by atoms with Gasteiger partial charge in [0.05, 0.1) is 9.30 Å². The predicted octanol–water partition coefficient (Wildman–Crippen LogP) is 2.08. The highest BCUT2D eigenvalue weighted by Gasteiger charge is 2.28. The van der Waals surface area contributed by atoms with Crippen molar-refractivity contribution < 1.29 is 9.53 Å². The Kier molecular flexibility index (Phi) is 3.16. The molecule has 96 valence electrons. The molecule has 18 heavy (non-hydrogen) atoms. The first-order chi connectivity index (χ1) is 8.29. The minimum absolute atomic E-state index is 0.254. The Hall–Kier alpha value is -1.41. The number of rotatable bonds is 2. The number of amides is 1. The fourth-order valence-electron chi connectivity index (χ4n) is 1.50. The summed E-state index contributed by atoms with van der Waals surface area (Å²) >= 11 is 4.58. The Balaban J connectivity index is 2.58. The van der Waals surface area contributed by atoms with E-state index in [9.17, 15) is 9.59 Å². The molecule has 3 N–H and O–H groups in total. The summed E-state index contributed by atoms with van der Waals surface area (Å²) in [7, 11) is 0. The van der Waals surface area contributed by atoms with E-state index in [0.717, 1.165) is 3.79 Å². The number of carbonyl (C=O) groups excluding carboxylic acids is 1. The van der Waals surface area contributed by atoms with E-state index in [1.54, 1.807) is 19.9 Å². The number of ether oxygens (including phenoxy) is 1. The van der Waals surface area contributed by atoms with Crippen molar-refractivity contribution in [1.29, 1.82) is 0 Å². The maximum atomic E-state index is 11.9. The topological polar surface area (TPSA) is 98.1 Å². The van der Waals surface area contributed by atoms with Crippen LogP contribution in [0.1, 0.15) is 19.7 Å². The number of aromatic amines is 1. The first kappa shape index (κ1) is 13.0. The van der Waals surface area contributed by atoms with Gasteiger partial charge in [-0.25, -0.2) is 9.78 Å². The predicted molar refractivity (Wildman–Crippen MR) is 71.6 cm³/mol. The van der Waals surface area contributed by atoms with Crippen LogP contribution in [0.25, 0.3) is 10.2 Å². The molecule has 6 nitrogen and oxygen atoms in total. The third-order valence-electron chi connectivity index (χ3n) is 2.28. The number of halogens is 1. The number of primary amides is 1. The van der Waals surface area contributed by atoms with Gasteiger partial charge in [0.1, 0.15) is 4.70 Å². The van der Waals surface area contributed by atoms with Crippen LogP contribution in [0.15, 0.2) is 14.6 Å². The molecule has 0 saturated heterocycles. The van der Waals surface area contributed by atoms with Gasteiger partial charge in [0.25, 0.3) is 5.56 Å². The van der Waals surface area contributed by atoms with Crippen molar-refractivity contribution in [1.82, 2.24) is 9.97 Å². The molecule has 0 saturated carbocycles. The Morgan fingerprint density at radius 3 is 2.89 bits per heavy atom. The number of nitrogens with zero attached hydrogens (tertiary/aromatic N) is 1. The molecule has 0 aliphatic carbocycles. The van der Waals surface area contributed by atoms with Crippen LogP contribution in [-0.4, -0.2) is 16.1 Å². The highest BCUT2D eigenvalue weighted by molar-refractivity contribution is 9.11. The lowest BCUT2D eigenvalue weighted by atomic mass is 10.1. The van der Waals surface area contributed by atoms with Gasteiger partial charge < -0.3 is 15.5 Å². The molecule has 1 amide bonds. The zero-order chi connectivity index (χ0) is 13.5. The lowest BCUT2D eigenvalue weighted by Gasteiger charge is -2.22. The molecule has 0 radical (unpaired) electrons. The van der Waals surface area contributed by atoms with Crippen LogP contribution in [0.5, 0.6) is 0 Å². The quantitative estimate of drug-likeness (QED) is 0.880. The summed E-state index contributed by atoms with van der Waals surface area (Å²) in [5.41, 5.74) is 4.17. The van der Waals surface area contributed by atoms with Gasteiger partial charge in [-0.2, -0.15) is 0 Å². The summed E-state index contributed by atoms with van der Waals surface area (Å²) in [6.45, 7) is 3.20. The van der Waals surface area contributed by atoms with E-state index in [4.69, 9.17) is 10.5 Å². The lowest BCUT2D eigenvalue weighted by Crippen LogP contribution is -2.32. The van der Waals surface area contributed by atoms with Gasteiger partial charge in [-0.1, -0.05) is 0 Å². The molecule has 2 aromatic rings. The SMILES string of the molecule is CC(C)(OC(N)=O)c1nc2cc(Br)sc2c(=O)[nH]1. The Morgan fingerprint density at radius 2 is 2.28 bits per heavy atom. The average molecular weight is 332 g/mol. The summed E-state index contributed by atoms with van der Waals surface area (Å²) < 4.78 is 6.25. The number of nitrogens with one attached hydrogen (secondary N) is 1. The van der Waals surface area contributed by atoms with Crippen molar-refractivity contribution >= 4 is 43.6 Å². The van der Waals surface area contributed by atoms with Crippen molar-refractivity contribution in [2.24, 2.45) is 5.73 Å². The van der Waals surface area contributed by atoms with Gasteiger partial charge in [0, 0.05) is 0 Å². The first-order valence-electron chi connectivity index (χ1n) is 4.98. The first-order valence-corrected chi connectivity index (χ1v) is 6.59. The fourth-order valence-corrected chi connectivity index (χ4v) is 2.92. The molecule has 0 atom stereocenters. The highest BCUT2D eigenvalue weighted by atomic mass is 79.9. The molecule has 0 aliphatic rings.